The van der Waals surface area contributed by atoms with Crippen LogP contribution in [0.4, 0.5) is 0 Å². The number of pyridine rings is 1. The highest BCUT2D eigenvalue weighted by Gasteiger charge is 2.29. The number of benzene rings is 1. The molecule has 0 saturated heterocycles. The molecule has 29 heavy (non-hydrogen) atoms. The van der Waals surface area contributed by atoms with Gasteiger partial charge in [-0.05, 0) is 36.4 Å². The molecule has 7 heteroatoms. The summed E-state index contributed by atoms with van der Waals surface area (Å²) in [5, 5.41) is 10.9. The van der Waals surface area contributed by atoms with E-state index in [1.54, 1.807) is 19.4 Å². The van der Waals surface area contributed by atoms with Crippen LogP contribution in [-0.4, -0.2) is 35.3 Å². The van der Waals surface area contributed by atoms with Crippen molar-refractivity contribution in [2.24, 2.45) is 0 Å². The van der Waals surface area contributed by atoms with Crippen LogP contribution >= 0.6 is 0 Å². The van der Waals surface area contributed by atoms with Crippen LogP contribution in [-0.2, 0) is 23.0 Å². The third-order valence-electron chi connectivity index (χ3n) is 4.92. The number of aryl methyl sites for hydroxylation is 1. The van der Waals surface area contributed by atoms with E-state index in [2.05, 4.69) is 21.0 Å². The van der Waals surface area contributed by atoms with Crippen molar-refractivity contribution in [1.82, 2.24) is 15.0 Å². The van der Waals surface area contributed by atoms with E-state index in [0.29, 0.717) is 43.3 Å². The standard InChI is InChI=1S/C22H24N4O3/c1-4-15-11-16-5-6-17(12-18(16)25-21(15)27)22(2,14-23)13-19-24-8-7-20(26-19)29-10-9-28-3/h5-8,11-12H,4,9-10,13H2,1-3H3,(H,25,27). The van der Waals surface area contributed by atoms with Gasteiger partial charge in [0.1, 0.15) is 12.4 Å². The van der Waals surface area contributed by atoms with Gasteiger partial charge >= 0.3 is 0 Å². The summed E-state index contributed by atoms with van der Waals surface area (Å²) in [6.45, 7) is 4.64. The van der Waals surface area contributed by atoms with E-state index in [0.717, 1.165) is 16.5 Å². The number of fused-ring (bicyclic) bond motifs is 1. The molecule has 7 nitrogen and oxygen atoms in total. The van der Waals surface area contributed by atoms with Crippen molar-refractivity contribution in [2.75, 3.05) is 20.3 Å². The fraction of sp³-hybridized carbons (Fsp3) is 0.364. The highest BCUT2D eigenvalue weighted by atomic mass is 16.5. The Morgan fingerprint density at radius 2 is 2.07 bits per heavy atom. The highest BCUT2D eigenvalue weighted by molar-refractivity contribution is 5.80. The monoisotopic (exact) mass is 392 g/mol. The third kappa shape index (κ3) is 4.61. The molecule has 2 heterocycles. The molecule has 1 N–H and O–H groups in total. The summed E-state index contributed by atoms with van der Waals surface area (Å²) in [7, 11) is 1.60. The van der Waals surface area contributed by atoms with Crippen LogP contribution in [0.3, 0.4) is 0 Å². The van der Waals surface area contributed by atoms with Crippen molar-refractivity contribution in [3.8, 4) is 11.9 Å². The molecule has 0 radical (unpaired) electrons. The topological polar surface area (TPSA) is 101 Å². The van der Waals surface area contributed by atoms with Crippen LogP contribution in [0.1, 0.15) is 30.8 Å². The maximum absolute atomic E-state index is 12.2. The van der Waals surface area contributed by atoms with Gasteiger partial charge < -0.3 is 14.5 Å². The molecule has 150 valence electrons. The lowest BCUT2D eigenvalue weighted by Crippen LogP contribution is -2.24. The molecule has 1 unspecified atom stereocenters. The lowest BCUT2D eigenvalue weighted by molar-refractivity contribution is 0.143. The van der Waals surface area contributed by atoms with E-state index in [4.69, 9.17) is 9.47 Å². The van der Waals surface area contributed by atoms with Crippen molar-refractivity contribution in [3.05, 3.63) is 63.8 Å². The zero-order valence-electron chi connectivity index (χ0n) is 16.9. The predicted octanol–water partition coefficient (Wildman–Crippen LogP) is 2.93. The molecule has 0 aliphatic rings. The van der Waals surface area contributed by atoms with Crippen LogP contribution < -0.4 is 10.3 Å². The number of aromatic nitrogens is 3. The zero-order valence-corrected chi connectivity index (χ0v) is 16.9. The van der Waals surface area contributed by atoms with Crippen LogP contribution in [0.5, 0.6) is 5.88 Å². The maximum atomic E-state index is 12.2. The summed E-state index contributed by atoms with van der Waals surface area (Å²) in [5.41, 5.74) is 1.29. The average Bonchev–Trinajstić information content (AvgIpc) is 2.73. The minimum atomic E-state index is -0.861. The van der Waals surface area contributed by atoms with Gasteiger partial charge in [0.2, 0.25) is 5.88 Å². The van der Waals surface area contributed by atoms with Gasteiger partial charge in [-0.2, -0.15) is 10.2 Å². The summed E-state index contributed by atoms with van der Waals surface area (Å²) in [6.07, 6.45) is 2.60. The van der Waals surface area contributed by atoms with E-state index in [1.807, 2.05) is 38.1 Å². The first kappa shape index (κ1) is 20.5. The molecule has 0 spiro atoms. The Kier molecular flexibility index (Phi) is 6.25. The molecule has 3 rings (SSSR count). The molecule has 1 atom stereocenters. The Balaban J connectivity index is 1.90. The van der Waals surface area contributed by atoms with E-state index in [1.165, 1.54) is 0 Å². The van der Waals surface area contributed by atoms with Crippen molar-refractivity contribution in [2.45, 2.75) is 32.1 Å². The zero-order chi connectivity index (χ0) is 20.9. The number of nitrogens with zero attached hydrogens (tertiary/aromatic N) is 3. The van der Waals surface area contributed by atoms with E-state index < -0.39 is 5.41 Å². The van der Waals surface area contributed by atoms with Crippen molar-refractivity contribution in [1.29, 1.82) is 5.26 Å². The fourth-order valence-corrected chi connectivity index (χ4v) is 3.15. The smallest absolute Gasteiger partial charge is 0.251 e. The molecule has 0 fully saturated rings. The van der Waals surface area contributed by atoms with Gasteiger partial charge in [0, 0.05) is 36.9 Å². The first-order chi connectivity index (χ1) is 14.0. The molecule has 0 aliphatic carbocycles. The number of methoxy groups -OCH3 is 1. The van der Waals surface area contributed by atoms with Gasteiger partial charge in [-0.1, -0.05) is 19.1 Å². The second kappa shape index (κ2) is 8.84. The van der Waals surface area contributed by atoms with E-state index in [-0.39, 0.29) is 5.56 Å². The minimum absolute atomic E-state index is 0.0972. The molecule has 0 amide bonds. The van der Waals surface area contributed by atoms with Crippen molar-refractivity contribution in [3.63, 3.8) is 0 Å². The number of aromatic amines is 1. The second-order valence-corrected chi connectivity index (χ2v) is 7.05. The molecule has 1 aromatic carbocycles. The van der Waals surface area contributed by atoms with Crippen LogP contribution in [0.15, 0.2) is 41.3 Å². The van der Waals surface area contributed by atoms with Gasteiger partial charge in [0.05, 0.1) is 18.1 Å². The van der Waals surface area contributed by atoms with Gasteiger partial charge in [0.15, 0.2) is 0 Å². The lowest BCUT2D eigenvalue weighted by atomic mass is 9.80. The number of nitriles is 1. The molecule has 2 aromatic heterocycles. The normalized spacial score (nSPS) is 13.0. The number of hydrogen-bond acceptors (Lipinski definition) is 6. The molecular weight excluding hydrogens is 368 g/mol. The summed E-state index contributed by atoms with van der Waals surface area (Å²) in [4.78, 5) is 23.8. The van der Waals surface area contributed by atoms with Gasteiger partial charge in [-0.15, -0.1) is 0 Å². The van der Waals surface area contributed by atoms with E-state index in [9.17, 15) is 10.1 Å². The maximum Gasteiger partial charge on any atom is 0.251 e. The Bertz CT molecular complexity index is 1100. The van der Waals surface area contributed by atoms with Gasteiger partial charge in [0.25, 0.3) is 5.56 Å². The Labute approximate surface area is 169 Å². The molecule has 0 saturated carbocycles. The lowest BCUT2D eigenvalue weighted by Gasteiger charge is -2.22. The summed E-state index contributed by atoms with van der Waals surface area (Å²) >= 11 is 0. The predicted molar refractivity (Wildman–Crippen MR) is 110 cm³/mol. The molecule has 0 bridgehead atoms. The van der Waals surface area contributed by atoms with Crippen LogP contribution in [0.2, 0.25) is 0 Å². The number of H-pyrrole nitrogens is 1. The Hall–Kier alpha value is -3.24. The minimum Gasteiger partial charge on any atom is -0.475 e. The molecule has 0 aliphatic heterocycles. The number of rotatable bonds is 8. The Morgan fingerprint density at radius 3 is 2.79 bits per heavy atom. The summed E-state index contributed by atoms with van der Waals surface area (Å²) < 4.78 is 10.5. The van der Waals surface area contributed by atoms with Gasteiger partial charge in [-0.25, -0.2) is 4.98 Å². The fourth-order valence-electron chi connectivity index (χ4n) is 3.15. The number of hydrogen-bond donors (Lipinski definition) is 1. The quantitative estimate of drug-likeness (QED) is 0.592. The first-order valence-electron chi connectivity index (χ1n) is 9.50. The third-order valence-corrected chi connectivity index (χ3v) is 4.92. The highest BCUT2D eigenvalue weighted by Crippen LogP contribution is 2.29. The second-order valence-electron chi connectivity index (χ2n) is 7.05. The van der Waals surface area contributed by atoms with Gasteiger partial charge in [-0.3, -0.25) is 4.79 Å². The van der Waals surface area contributed by atoms with Crippen molar-refractivity contribution < 1.29 is 9.47 Å². The van der Waals surface area contributed by atoms with E-state index >= 15 is 0 Å². The van der Waals surface area contributed by atoms with Crippen LogP contribution in [0, 0.1) is 11.3 Å². The SMILES string of the molecule is CCc1cc2ccc(C(C)(C#N)Cc3nccc(OCCOC)n3)cc2[nH]c1=O. The summed E-state index contributed by atoms with van der Waals surface area (Å²) in [5.74, 6) is 0.959. The van der Waals surface area contributed by atoms with Crippen molar-refractivity contribution >= 4 is 10.9 Å². The number of ether oxygens (including phenoxy) is 2. The largest absolute Gasteiger partial charge is 0.475 e. The first-order valence-corrected chi connectivity index (χ1v) is 9.50. The number of nitrogens with one attached hydrogen (secondary N) is 1. The Morgan fingerprint density at radius 1 is 1.24 bits per heavy atom. The van der Waals surface area contributed by atoms with Crippen LogP contribution in [0.25, 0.3) is 10.9 Å². The molecule has 3 aromatic rings. The molecular formula is C22H24N4O3. The summed E-state index contributed by atoms with van der Waals surface area (Å²) in [6, 6.07) is 11.7. The average molecular weight is 392 g/mol.